The lowest BCUT2D eigenvalue weighted by atomic mass is 9.33. The van der Waals surface area contributed by atoms with Crippen molar-refractivity contribution in [3.05, 3.63) is 134 Å². The summed E-state index contributed by atoms with van der Waals surface area (Å²) in [6.07, 6.45) is 5.76. The number of para-hydroxylation sites is 3. The average Bonchev–Trinajstić information content (AvgIpc) is 2.88. The molecule has 0 spiro atoms. The molecule has 3 heteroatoms. The van der Waals surface area contributed by atoms with E-state index in [1.165, 1.54) is 39.1 Å². The Labute approximate surface area is 195 Å². The van der Waals surface area contributed by atoms with E-state index in [9.17, 15) is 0 Å². The lowest BCUT2D eigenvalue weighted by molar-refractivity contribution is 1.20. The van der Waals surface area contributed by atoms with Crippen LogP contribution in [0.1, 0.15) is 0 Å². The van der Waals surface area contributed by atoms with Crippen LogP contribution in [-0.2, 0) is 0 Å². The van der Waals surface area contributed by atoms with E-state index in [1.54, 1.807) is 0 Å². The number of fused-ring (bicyclic) bond motifs is 4. The van der Waals surface area contributed by atoms with Crippen LogP contribution in [0.4, 0.5) is 28.4 Å². The van der Waals surface area contributed by atoms with Crippen LogP contribution in [0.25, 0.3) is 0 Å². The largest absolute Gasteiger partial charge is 0.311 e. The zero-order chi connectivity index (χ0) is 22.4. The minimum Gasteiger partial charge on any atom is -0.311 e. The molecule has 0 fully saturated rings. The Hall–Kier alpha value is -4.24. The summed E-state index contributed by atoms with van der Waals surface area (Å²) < 4.78 is 0. The van der Waals surface area contributed by atoms with Crippen LogP contribution >= 0.6 is 0 Å². The SMILES string of the molecule is C=C/C=C(\C=C)N1c2ccccc2B2c3ccccc3N(c3ccccc3)c3cccc1c32. The maximum atomic E-state index is 4.11. The van der Waals surface area contributed by atoms with Crippen molar-refractivity contribution in [2.24, 2.45) is 0 Å². The minimum atomic E-state index is 0.162. The summed E-state index contributed by atoms with van der Waals surface area (Å²) in [6, 6.07) is 34.8. The lowest BCUT2D eigenvalue weighted by Crippen LogP contribution is -2.61. The Morgan fingerprint density at radius 2 is 1.24 bits per heavy atom. The number of hydrogen-bond acceptors (Lipinski definition) is 2. The van der Waals surface area contributed by atoms with Gasteiger partial charge in [-0.15, -0.1) is 0 Å². The third-order valence-electron chi connectivity index (χ3n) is 6.58. The molecule has 6 rings (SSSR count). The van der Waals surface area contributed by atoms with Crippen molar-refractivity contribution in [2.75, 3.05) is 9.80 Å². The maximum Gasteiger partial charge on any atom is 0.252 e. The number of hydrogen-bond donors (Lipinski definition) is 0. The van der Waals surface area contributed by atoms with Crippen molar-refractivity contribution in [3.8, 4) is 0 Å². The smallest absolute Gasteiger partial charge is 0.252 e. The van der Waals surface area contributed by atoms with Gasteiger partial charge in [0.25, 0.3) is 6.71 Å². The second-order valence-corrected chi connectivity index (χ2v) is 8.30. The van der Waals surface area contributed by atoms with Gasteiger partial charge in [0.2, 0.25) is 0 Å². The Morgan fingerprint density at radius 1 is 0.636 bits per heavy atom. The number of anilines is 5. The van der Waals surface area contributed by atoms with Gasteiger partial charge in [-0.25, -0.2) is 0 Å². The molecule has 2 heterocycles. The Morgan fingerprint density at radius 3 is 1.97 bits per heavy atom. The van der Waals surface area contributed by atoms with E-state index in [-0.39, 0.29) is 6.71 Å². The highest BCUT2D eigenvalue weighted by atomic mass is 15.2. The standard InChI is InChI=1S/C30H23BN2/c1-3-13-22(4-2)32-26-18-10-8-16-24(26)31-25-17-9-11-19-27(25)33(23-14-6-5-7-15-23)29-21-12-20-28(32)30(29)31/h3-21H,1-2H2/b22-13+. The number of allylic oxidation sites excluding steroid dienone is 3. The molecule has 0 radical (unpaired) electrons. The quantitative estimate of drug-likeness (QED) is 0.271. The zero-order valence-corrected chi connectivity index (χ0v) is 18.4. The van der Waals surface area contributed by atoms with Crippen molar-refractivity contribution < 1.29 is 0 Å². The van der Waals surface area contributed by atoms with Gasteiger partial charge in [0.05, 0.1) is 0 Å². The molecule has 0 saturated carbocycles. The summed E-state index contributed by atoms with van der Waals surface area (Å²) in [5.74, 6) is 0. The molecule has 4 aromatic rings. The predicted molar refractivity (Wildman–Crippen MR) is 143 cm³/mol. The van der Waals surface area contributed by atoms with E-state index in [4.69, 9.17) is 0 Å². The first-order chi connectivity index (χ1) is 16.3. The van der Waals surface area contributed by atoms with Gasteiger partial charge in [-0.05, 0) is 64.9 Å². The third-order valence-corrected chi connectivity index (χ3v) is 6.58. The third kappa shape index (κ3) is 2.83. The Bertz CT molecular complexity index is 1420. The number of nitrogens with zero attached hydrogens (tertiary/aromatic N) is 2. The molecule has 4 aromatic carbocycles. The van der Waals surface area contributed by atoms with Gasteiger partial charge in [0.15, 0.2) is 0 Å². The molecule has 0 aromatic heterocycles. The maximum absolute atomic E-state index is 4.11. The summed E-state index contributed by atoms with van der Waals surface area (Å²) >= 11 is 0. The highest BCUT2D eigenvalue weighted by molar-refractivity contribution is 7.00. The first-order valence-corrected chi connectivity index (χ1v) is 11.2. The van der Waals surface area contributed by atoms with Gasteiger partial charge in [-0.3, -0.25) is 0 Å². The van der Waals surface area contributed by atoms with Crippen LogP contribution in [0.2, 0.25) is 0 Å². The molecule has 2 aliphatic heterocycles. The Balaban J connectivity index is 1.72. The molecule has 0 atom stereocenters. The fraction of sp³-hybridized carbons (Fsp3) is 0. The topological polar surface area (TPSA) is 6.48 Å². The van der Waals surface area contributed by atoms with Crippen LogP contribution in [0.5, 0.6) is 0 Å². The summed E-state index contributed by atoms with van der Waals surface area (Å²) in [4.78, 5) is 4.71. The van der Waals surface area contributed by atoms with E-state index in [1.807, 2.05) is 18.2 Å². The van der Waals surface area contributed by atoms with E-state index in [2.05, 4.69) is 120 Å². The van der Waals surface area contributed by atoms with Gasteiger partial charge in [0.1, 0.15) is 0 Å². The summed E-state index contributed by atoms with van der Waals surface area (Å²) in [6.45, 7) is 8.21. The molecular formula is C30H23BN2. The van der Waals surface area contributed by atoms with Crippen molar-refractivity contribution in [1.29, 1.82) is 0 Å². The van der Waals surface area contributed by atoms with Gasteiger partial charge in [0, 0.05) is 34.1 Å². The summed E-state index contributed by atoms with van der Waals surface area (Å²) in [5.41, 5.74) is 10.9. The molecule has 0 amide bonds. The van der Waals surface area contributed by atoms with Crippen LogP contribution < -0.4 is 26.2 Å². The highest BCUT2D eigenvalue weighted by Crippen LogP contribution is 2.42. The molecule has 156 valence electrons. The second-order valence-electron chi connectivity index (χ2n) is 8.30. The van der Waals surface area contributed by atoms with Gasteiger partial charge >= 0.3 is 0 Å². The molecule has 0 saturated heterocycles. The van der Waals surface area contributed by atoms with Crippen LogP contribution in [-0.4, -0.2) is 6.71 Å². The summed E-state index contributed by atoms with van der Waals surface area (Å²) in [7, 11) is 0. The molecular weight excluding hydrogens is 399 g/mol. The van der Waals surface area contributed by atoms with Crippen LogP contribution in [0.15, 0.2) is 134 Å². The lowest BCUT2D eigenvalue weighted by Gasteiger charge is -2.44. The van der Waals surface area contributed by atoms with Gasteiger partial charge in [-0.2, -0.15) is 0 Å². The molecule has 2 nitrogen and oxygen atoms in total. The van der Waals surface area contributed by atoms with Gasteiger partial charge in [-0.1, -0.05) is 79.9 Å². The van der Waals surface area contributed by atoms with Crippen LogP contribution in [0.3, 0.4) is 0 Å². The fourth-order valence-electron chi connectivity index (χ4n) is 5.32. The van der Waals surface area contributed by atoms with Crippen molar-refractivity contribution >= 4 is 51.5 Å². The van der Waals surface area contributed by atoms with E-state index in [0.717, 1.165) is 11.4 Å². The van der Waals surface area contributed by atoms with E-state index >= 15 is 0 Å². The normalized spacial score (nSPS) is 13.7. The zero-order valence-electron chi connectivity index (χ0n) is 18.4. The molecule has 33 heavy (non-hydrogen) atoms. The number of rotatable bonds is 4. The van der Waals surface area contributed by atoms with Gasteiger partial charge < -0.3 is 9.80 Å². The minimum absolute atomic E-state index is 0.162. The van der Waals surface area contributed by atoms with Crippen LogP contribution in [0, 0.1) is 0 Å². The molecule has 0 bridgehead atoms. The monoisotopic (exact) mass is 422 g/mol. The van der Waals surface area contributed by atoms with Crippen molar-refractivity contribution in [2.45, 2.75) is 0 Å². The predicted octanol–water partition coefficient (Wildman–Crippen LogP) is 5.69. The Kier molecular flexibility index (Phi) is 4.55. The van der Waals surface area contributed by atoms with Crippen molar-refractivity contribution in [3.63, 3.8) is 0 Å². The number of benzene rings is 4. The first kappa shape index (κ1) is 19.5. The highest BCUT2D eigenvalue weighted by Gasteiger charge is 2.42. The molecule has 0 aliphatic carbocycles. The van der Waals surface area contributed by atoms with Crippen molar-refractivity contribution in [1.82, 2.24) is 0 Å². The molecule has 0 unspecified atom stereocenters. The summed E-state index contributed by atoms with van der Waals surface area (Å²) in [5, 5.41) is 0. The fourth-order valence-corrected chi connectivity index (χ4v) is 5.32. The molecule has 2 aliphatic rings. The first-order valence-electron chi connectivity index (χ1n) is 11.2. The second kappa shape index (κ2) is 7.72. The van der Waals surface area contributed by atoms with E-state index in [0.29, 0.717) is 0 Å². The average molecular weight is 422 g/mol. The van der Waals surface area contributed by atoms with E-state index < -0.39 is 0 Å². The molecule has 0 N–H and O–H groups in total.